The third-order valence-corrected chi connectivity index (χ3v) is 4.93. The van der Waals surface area contributed by atoms with E-state index < -0.39 is 0 Å². The maximum absolute atomic E-state index is 11.8. The molecule has 0 radical (unpaired) electrons. The number of rotatable bonds is 5. The van der Waals surface area contributed by atoms with Gasteiger partial charge in [-0.15, -0.1) is 0 Å². The number of pyridine rings is 1. The molecule has 24 heavy (non-hydrogen) atoms. The molecule has 3 fully saturated rings. The molecule has 0 aliphatic heterocycles. The summed E-state index contributed by atoms with van der Waals surface area (Å²) < 4.78 is 1.15. The van der Waals surface area contributed by atoms with Crippen molar-refractivity contribution in [1.82, 2.24) is 20.1 Å². The topological polar surface area (TPSA) is 88.9 Å². The average Bonchev–Trinajstić information content (AvgIpc) is 2.52. The highest BCUT2D eigenvalue weighted by molar-refractivity contribution is 5.75. The number of nitrogens with one attached hydrogen (secondary N) is 2. The molecule has 2 N–H and O–H groups in total. The average molecular weight is 325 g/mol. The normalized spacial score (nSPS) is 23.8. The van der Waals surface area contributed by atoms with Crippen LogP contribution >= 0.6 is 0 Å². The molecule has 124 valence electrons. The Bertz CT molecular complexity index is 826. The van der Waals surface area contributed by atoms with Crippen LogP contribution in [0.25, 0.3) is 11.3 Å². The van der Waals surface area contributed by atoms with Crippen LogP contribution in [0.2, 0.25) is 0 Å². The summed E-state index contributed by atoms with van der Waals surface area (Å²) in [5, 5.41) is 10.3. The summed E-state index contributed by atoms with van der Waals surface area (Å²) in [6.45, 7) is -0.0973. The summed E-state index contributed by atoms with van der Waals surface area (Å²) in [4.78, 5) is 27.7. The van der Waals surface area contributed by atoms with E-state index in [9.17, 15) is 9.59 Å². The molecule has 7 heteroatoms. The second-order valence-corrected chi connectivity index (χ2v) is 6.70. The second kappa shape index (κ2) is 5.43. The van der Waals surface area contributed by atoms with Gasteiger partial charge in [-0.25, -0.2) is 9.67 Å². The molecule has 0 atom stereocenters. The minimum atomic E-state index is -0.308. The van der Waals surface area contributed by atoms with Gasteiger partial charge in [-0.2, -0.15) is 5.10 Å². The summed E-state index contributed by atoms with van der Waals surface area (Å²) in [6, 6.07) is 6.93. The van der Waals surface area contributed by atoms with Gasteiger partial charge in [-0.05, 0) is 43.4 Å². The van der Waals surface area contributed by atoms with Crippen LogP contribution in [0, 0.1) is 5.92 Å². The largest absolute Gasteiger partial charge is 0.365 e. The van der Waals surface area contributed by atoms with Crippen LogP contribution < -0.4 is 16.2 Å². The fourth-order valence-corrected chi connectivity index (χ4v) is 3.45. The third-order valence-electron chi connectivity index (χ3n) is 4.93. The maximum atomic E-state index is 11.8. The van der Waals surface area contributed by atoms with Gasteiger partial charge in [0.2, 0.25) is 5.91 Å². The first-order valence-electron chi connectivity index (χ1n) is 8.10. The lowest BCUT2D eigenvalue weighted by Crippen LogP contribution is -2.63. The first kappa shape index (κ1) is 14.9. The Morgan fingerprint density at radius 3 is 2.67 bits per heavy atom. The van der Waals surface area contributed by atoms with Gasteiger partial charge in [0, 0.05) is 30.4 Å². The molecule has 2 aromatic heterocycles. The molecule has 1 amide bonds. The van der Waals surface area contributed by atoms with Gasteiger partial charge in [-0.3, -0.25) is 9.59 Å². The highest BCUT2D eigenvalue weighted by Crippen LogP contribution is 2.58. The van der Waals surface area contributed by atoms with Crippen molar-refractivity contribution in [3.8, 4) is 11.3 Å². The van der Waals surface area contributed by atoms with Gasteiger partial charge in [0.1, 0.15) is 12.4 Å². The molecule has 7 nitrogen and oxygen atoms in total. The van der Waals surface area contributed by atoms with E-state index in [-0.39, 0.29) is 23.6 Å². The summed E-state index contributed by atoms with van der Waals surface area (Å²) in [5.41, 5.74) is 1.40. The molecule has 5 rings (SSSR count). The number of hydrogen-bond donors (Lipinski definition) is 2. The standard InChI is InChI=1S/C17H19N5O2/c1-18-15(23)10-22-16(24)5-3-13(21-22)12-2-4-14(19-9-12)20-17-6-11(7-17)8-17/h2-5,9,11H,6-8,10H2,1H3,(H,18,23)(H,19,20). The first-order chi connectivity index (χ1) is 11.6. The van der Waals surface area contributed by atoms with Gasteiger partial charge >= 0.3 is 0 Å². The van der Waals surface area contributed by atoms with Gasteiger partial charge in [0.25, 0.3) is 5.56 Å². The zero-order valence-electron chi connectivity index (χ0n) is 13.5. The minimum Gasteiger partial charge on any atom is -0.365 e. The third kappa shape index (κ3) is 2.55. The number of anilines is 1. The van der Waals surface area contributed by atoms with Crippen molar-refractivity contribution in [3.63, 3.8) is 0 Å². The molecule has 0 saturated heterocycles. The van der Waals surface area contributed by atoms with Gasteiger partial charge in [-0.1, -0.05) is 0 Å². The molecule has 3 aliphatic rings. The number of carbonyl (C=O) groups is 1. The molecular formula is C17H19N5O2. The Hall–Kier alpha value is -2.70. The van der Waals surface area contributed by atoms with Crippen molar-refractivity contribution in [2.45, 2.75) is 31.3 Å². The van der Waals surface area contributed by atoms with Crippen LogP contribution in [0.5, 0.6) is 0 Å². The summed E-state index contributed by atoms with van der Waals surface area (Å²) in [6.07, 6.45) is 5.50. The number of hydrogen-bond acceptors (Lipinski definition) is 5. The number of nitrogens with zero attached hydrogens (tertiary/aromatic N) is 3. The zero-order chi connectivity index (χ0) is 16.7. The van der Waals surface area contributed by atoms with Crippen molar-refractivity contribution < 1.29 is 4.79 Å². The SMILES string of the molecule is CNC(=O)Cn1nc(-c2ccc(NC34CC(C3)C4)nc2)ccc1=O. The predicted molar refractivity (Wildman–Crippen MR) is 89.5 cm³/mol. The number of aromatic nitrogens is 3. The lowest BCUT2D eigenvalue weighted by molar-refractivity contribution is -0.121. The smallest absolute Gasteiger partial charge is 0.267 e. The molecule has 0 spiro atoms. The van der Waals surface area contributed by atoms with Crippen molar-refractivity contribution >= 4 is 11.7 Å². The van der Waals surface area contributed by atoms with E-state index in [0.29, 0.717) is 5.69 Å². The summed E-state index contributed by atoms with van der Waals surface area (Å²) in [7, 11) is 1.53. The predicted octanol–water partition coefficient (Wildman–Crippen LogP) is 1.02. The lowest BCUT2D eigenvalue weighted by Gasteiger charge is -2.62. The Morgan fingerprint density at radius 1 is 1.29 bits per heavy atom. The van der Waals surface area contributed by atoms with Gasteiger partial charge < -0.3 is 10.6 Å². The molecule has 0 aromatic carbocycles. The van der Waals surface area contributed by atoms with Crippen LogP contribution in [0.15, 0.2) is 35.3 Å². The molecular weight excluding hydrogens is 306 g/mol. The molecule has 3 aliphatic carbocycles. The monoisotopic (exact) mass is 325 g/mol. The Balaban J connectivity index is 1.53. The molecule has 2 aromatic rings. The Labute approximate surface area is 139 Å². The van der Waals surface area contributed by atoms with Crippen molar-refractivity contribution in [2.75, 3.05) is 12.4 Å². The minimum absolute atomic E-state index is 0.0973. The number of likely N-dealkylation sites (N-methyl/N-ethyl adjacent to an activating group) is 1. The quantitative estimate of drug-likeness (QED) is 0.857. The van der Waals surface area contributed by atoms with Crippen molar-refractivity contribution in [1.29, 1.82) is 0 Å². The van der Waals surface area contributed by atoms with Crippen LogP contribution in [0.4, 0.5) is 5.82 Å². The van der Waals surface area contributed by atoms with Crippen LogP contribution in [-0.2, 0) is 11.3 Å². The van der Waals surface area contributed by atoms with Crippen molar-refractivity contribution in [3.05, 3.63) is 40.8 Å². The maximum Gasteiger partial charge on any atom is 0.267 e. The van der Waals surface area contributed by atoms with E-state index in [2.05, 4.69) is 20.7 Å². The van der Waals surface area contributed by atoms with E-state index in [1.807, 2.05) is 12.1 Å². The van der Waals surface area contributed by atoms with E-state index in [1.165, 1.54) is 32.4 Å². The molecule has 0 unspecified atom stereocenters. The van der Waals surface area contributed by atoms with Gasteiger partial charge in [0.05, 0.1) is 5.69 Å². The number of amides is 1. The highest BCUT2D eigenvalue weighted by atomic mass is 16.2. The molecule has 3 saturated carbocycles. The summed E-state index contributed by atoms with van der Waals surface area (Å²) >= 11 is 0. The Kier molecular flexibility index (Phi) is 3.37. The van der Waals surface area contributed by atoms with Crippen molar-refractivity contribution in [2.24, 2.45) is 5.92 Å². The van der Waals surface area contributed by atoms with E-state index in [0.717, 1.165) is 22.0 Å². The summed E-state index contributed by atoms with van der Waals surface area (Å²) in [5.74, 6) is 1.52. The number of carbonyl (C=O) groups excluding carboxylic acids is 1. The van der Waals surface area contributed by atoms with Gasteiger partial charge in [0.15, 0.2) is 0 Å². The first-order valence-corrected chi connectivity index (χ1v) is 8.10. The van der Waals surface area contributed by atoms with Crippen LogP contribution in [-0.4, -0.2) is 33.3 Å². The Morgan fingerprint density at radius 2 is 2.08 bits per heavy atom. The zero-order valence-corrected chi connectivity index (χ0v) is 13.5. The fourth-order valence-electron chi connectivity index (χ4n) is 3.45. The van der Waals surface area contributed by atoms with E-state index in [1.54, 1.807) is 12.3 Å². The fraction of sp³-hybridized carbons (Fsp3) is 0.412. The van der Waals surface area contributed by atoms with E-state index >= 15 is 0 Å². The van der Waals surface area contributed by atoms with Crippen LogP contribution in [0.1, 0.15) is 19.3 Å². The van der Waals surface area contributed by atoms with Crippen LogP contribution in [0.3, 0.4) is 0 Å². The van der Waals surface area contributed by atoms with E-state index in [4.69, 9.17) is 0 Å². The highest BCUT2D eigenvalue weighted by Gasteiger charge is 2.56. The molecule has 2 heterocycles. The lowest BCUT2D eigenvalue weighted by atomic mass is 9.50. The molecule has 2 bridgehead atoms. The second-order valence-electron chi connectivity index (χ2n) is 6.70.